The summed E-state index contributed by atoms with van der Waals surface area (Å²) in [4.78, 5) is 9.29. The van der Waals surface area contributed by atoms with E-state index in [1.165, 1.54) is 6.07 Å². The van der Waals surface area contributed by atoms with Gasteiger partial charge >= 0.3 is 6.36 Å². The van der Waals surface area contributed by atoms with Gasteiger partial charge in [-0.05, 0) is 80.9 Å². The SMILES string of the molecule is CNc1nc(NC2CCC(CNCCc3ccc(Br)cc3OC(F)(F)F)CC2)nc2ccccc12. The maximum atomic E-state index is 12.7. The Balaban J connectivity index is 1.23. The Bertz CT molecular complexity index is 1140. The molecule has 1 aliphatic rings. The van der Waals surface area contributed by atoms with E-state index in [1.807, 2.05) is 31.3 Å². The Hall–Kier alpha value is -2.59. The highest BCUT2D eigenvalue weighted by Gasteiger charge is 2.32. The Morgan fingerprint density at radius 2 is 1.83 bits per heavy atom. The third-order valence-electron chi connectivity index (χ3n) is 6.28. The van der Waals surface area contributed by atoms with Crippen molar-refractivity contribution in [2.45, 2.75) is 44.5 Å². The predicted octanol–water partition coefficient (Wildman–Crippen LogP) is 6.14. The van der Waals surface area contributed by atoms with E-state index in [2.05, 4.69) is 46.6 Å². The molecule has 0 aliphatic heterocycles. The summed E-state index contributed by atoms with van der Waals surface area (Å²) in [5, 5.41) is 11.0. The van der Waals surface area contributed by atoms with Crippen LogP contribution >= 0.6 is 15.9 Å². The van der Waals surface area contributed by atoms with Crippen molar-refractivity contribution in [1.29, 1.82) is 0 Å². The van der Waals surface area contributed by atoms with Crippen molar-refractivity contribution in [3.8, 4) is 5.75 Å². The van der Waals surface area contributed by atoms with Gasteiger partial charge in [-0.1, -0.05) is 34.1 Å². The normalized spacial score (nSPS) is 18.4. The summed E-state index contributed by atoms with van der Waals surface area (Å²) >= 11 is 3.20. The molecule has 0 unspecified atom stereocenters. The van der Waals surface area contributed by atoms with E-state index in [-0.39, 0.29) is 5.75 Å². The van der Waals surface area contributed by atoms with Crippen LogP contribution in [0.5, 0.6) is 5.75 Å². The molecule has 0 atom stereocenters. The van der Waals surface area contributed by atoms with Crippen LogP contribution in [0.1, 0.15) is 31.2 Å². The second-order valence-corrected chi connectivity index (χ2v) is 9.69. The quantitative estimate of drug-likeness (QED) is 0.278. The minimum absolute atomic E-state index is 0.155. The Labute approximate surface area is 211 Å². The third kappa shape index (κ3) is 7.20. The second-order valence-electron chi connectivity index (χ2n) is 8.78. The summed E-state index contributed by atoms with van der Waals surface area (Å²) in [6, 6.07) is 13.0. The number of alkyl halides is 3. The van der Waals surface area contributed by atoms with Gasteiger partial charge in [0.05, 0.1) is 5.52 Å². The summed E-state index contributed by atoms with van der Waals surface area (Å²) in [5.74, 6) is 1.83. The van der Waals surface area contributed by atoms with Gasteiger partial charge in [0.25, 0.3) is 0 Å². The topological polar surface area (TPSA) is 71.1 Å². The molecule has 35 heavy (non-hydrogen) atoms. The van der Waals surface area contributed by atoms with Crippen molar-refractivity contribution >= 4 is 38.6 Å². The minimum Gasteiger partial charge on any atom is -0.405 e. The smallest absolute Gasteiger partial charge is 0.405 e. The summed E-state index contributed by atoms with van der Waals surface area (Å²) in [6.45, 7) is 1.43. The lowest BCUT2D eigenvalue weighted by Gasteiger charge is -2.29. The number of nitrogens with zero attached hydrogens (tertiary/aromatic N) is 2. The molecule has 188 valence electrons. The zero-order valence-electron chi connectivity index (χ0n) is 19.5. The molecule has 0 amide bonds. The molecule has 1 saturated carbocycles. The molecule has 0 saturated heterocycles. The number of fused-ring (bicyclic) bond motifs is 1. The van der Waals surface area contributed by atoms with E-state index >= 15 is 0 Å². The van der Waals surface area contributed by atoms with Gasteiger partial charge in [-0.3, -0.25) is 0 Å². The second kappa shape index (κ2) is 11.4. The van der Waals surface area contributed by atoms with Crippen LogP contribution in [0.3, 0.4) is 0 Å². The molecule has 3 aromatic rings. The maximum Gasteiger partial charge on any atom is 0.573 e. The van der Waals surface area contributed by atoms with Crippen molar-refractivity contribution in [2.75, 3.05) is 30.8 Å². The van der Waals surface area contributed by atoms with Crippen molar-refractivity contribution in [2.24, 2.45) is 5.92 Å². The molecule has 0 radical (unpaired) electrons. The molecule has 4 rings (SSSR count). The highest BCUT2D eigenvalue weighted by atomic mass is 79.9. The van der Waals surface area contributed by atoms with Crippen LogP contribution in [0.25, 0.3) is 10.9 Å². The Morgan fingerprint density at radius 3 is 2.57 bits per heavy atom. The number of nitrogens with one attached hydrogen (secondary N) is 3. The standard InChI is InChI=1S/C25H29BrF3N5O/c1-30-23-20-4-2-3-5-21(20)33-24(34-23)32-19-10-6-16(7-11-19)15-31-13-12-17-8-9-18(26)14-22(17)35-25(27,28)29/h2-5,8-9,14,16,19,31H,6-7,10-13,15H2,1H3,(H2,30,32,33,34). The maximum absolute atomic E-state index is 12.7. The summed E-state index contributed by atoms with van der Waals surface area (Å²) in [7, 11) is 1.86. The number of hydrogen-bond acceptors (Lipinski definition) is 6. The molecule has 10 heteroatoms. The van der Waals surface area contributed by atoms with Crippen molar-refractivity contribution in [3.05, 3.63) is 52.5 Å². The largest absolute Gasteiger partial charge is 0.573 e. The fourth-order valence-electron chi connectivity index (χ4n) is 4.51. The number of benzene rings is 2. The predicted molar refractivity (Wildman–Crippen MR) is 136 cm³/mol. The highest BCUT2D eigenvalue weighted by Crippen LogP contribution is 2.30. The van der Waals surface area contributed by atoms with E-state index in [9.17, 15) is 13.2 Å². The van der Waals surface area contributed by atoms with Gasteiger partial charge in [0.15, 0.2) is 0 Å². The van der Waals surface area contributed by atoms with Gasteiger partial charge in [-0.15, -0.1) is 13.2 Å². The fourth-order valence-corrected chi connectivity index (χ4v) is 4.85. The number of ether oxygens (including phenoxy) is 1. The molecule has 2 aromatic carbocycles. The van der Waals surface area contributed by atoms with Crippen molar-refractivity contribution in [1.82, 2.24) is 15.3 Å². The van der Waals surface area contributed by atoms with Gasteiger partial charge in [-0.2, -0.15) is 4.98 Å². The summed E-state index contributed by atoms with van der Waals surface area (Å²) in [5.41, 5.74) is 1.43. The van der Waals surface area contributed by atoms with Gasteiger partial charge in [0, 0.05) is 22.9 Å². The number of aromatic nitrogens is 2. The molecular formula is C25H29BrF3N5O. The molecule has 1 heterocycles. The molecule has 0 bridgehead atoms. The zero-order chi connectivity index (χ0) is 24.8. The fraction of sp³-hybridized carbons (Fsp3) is 0.440. The van der Waals surface area contributed by atoms with Gasteiger partial charge in [-0.25, -0.2) is 4.98 Å². The third-order valence-corrected chi connectivity index (χ3v) is 6.77. The monoisotopic (exact) mass is 551 g/mol. The van der Waals surface area contributed by atoms with Crippen molar-refractivity contribution < 1.29 is 17.9 Å². The number of hydrogen-bond donors (Lipinski definition) is 3. The number of anilines is 2. The van der Waals surface area contributed by atoms with Crippen LogP contribution in [0.2, 0.25) is 0 Å². The average molecular weight is 552 g/mol. The first-order valence-electron chi connectivity index (χ1n) is 11.8. The van der Waals surface area contributed by atoms with Crippen LogP contribution in [-0.2, 0) is 6.42 Å². The molecule has 1 aliphatic carbocycles. The molecule has 1 aromatic heterocycles. The Morgan fingerprint density at radius 1 is 1.06 bits per heavy atom. The minimum atomic E-state index is -4.71. The van der Waals surface area contributed by atoms with Crippen LogP contribution in [0.15, 0.2) is 46.9 Å². The van der Waals surface area contributed by atoms with E-state index < -0.39 is 6.36 Å². The lowest BCUT2D eigenvalue weighted by molar-refractivity contribution is -0.274. The average Bonchev–Trinajstić information content (AvgIpc) is 2.82. The Kier molecular flexibility index (Phi) is 8.33. The first-order chi connectivity index (χ1) is 16.8. The summed E-state index contributed by atoms with van der Waals surface area (Å²) < 4.78 is 42.8. The van der Waals surface area contributed by atoms with Crippen LogP contribution < -0.4 is 20.7 Å². The number of halogens is 4. The first kappa shape index (κ1) is 25.5. The lowest BCUT2D eigenvalue weighted by atomic mass is 9.86. The molecule has 1 fully saturated rings. The van der Waals surface area contributed by atoms with Gasteiger partial charge in [0.1, 0.15) is 11.6 Å². The molecule has 3 N–H and O–H groups in total. The van der Waals surface area contributed by atoms with Gasteiger partial charge in [0.2, 0.25) is 5.95 Å². The zero-order valence-corrected chi connectivity index (χ0v) is 21.0. The van der Waals surface area contributed by atoms with Crippen molar-refractivity contribution in [3.63, 3.8) is 0 Å². The van der Waals surface area contributed by atoms with Gasteiger partial charge < -0.3 is 20.7 Å². The van der Waals surface area contributed by atoms with E-state index in [4.69, 9.17) is 0 Å². The lowest BCUT2D eigenvalue weighted by Crippen LogP contribution is -2.32. The molecule has 6 nitrogen and oxygen atoms in total. The van der Waals surface area contributed by atoms with E-state index in [0.29, 0.717) is 40.9 Å². The summed E-state index contributed by atoms with van der Waals surface area (Å²) in [6.07, 6.45) is -0.0675. The molecular weight excluding hydrogens is 523 g/mol. The highest BCUT2D eigenvalue weighted by molar-refractivity contribution is 9.10. The number of para-hydroxylation sites is 1. The first-order valence-corrected chi connectivity index (χ1v) is 12.6. The molecule has 0 spiro atoms. The van der Waals surface area contributed by atoms with Crippen LogP contribution in [-0.4, -0.2) is 42.5 Å². The van der Waals surface area contributed by atoms with E-state index in [0.717, 1.165) is 48.9 Å². The number of rotatable bonds is 9. The van der Waals surface area contributed by atoms with E-state index in [1.54, 1.807) is 12.1 Å². The van der Waals surface area contributed by atoms with Crippen LogP contribution in [0, 0.1) is 5.92 Å². The van der Waals surface area contributed by atoms with Crippen LogP contribution in [0.4, 0.5) is 24.9 Å².